The van der Waals surface area contributed by atoms with E-state index in [2.05, 4.69) is 11.9 Å². The number of unbranched alkanes of at least 4 members (excludes halogenated alkanes) is 2. The minimum Gasteiger partial charge on any atom is -0.292 e. The fraction of sp³-hybridized carbons (Fsp3) is 0.429. The number of carbonyl (C=O) groups is 1. The summed E-state index contributed by atoms with van der Waals surface area (Å²) in [6.45, 7) is 2.17. The Morgan fingerprint density at radius 3 is 2.88 bits per heavy atom. The van der Waals surface area contributed by atoms with Crippen LogP contribution in [0, 0.1) is 0 Å². The lowest BCUT2D eigenvalue weighted by Gasteiger charge is -2.11. The van der Waals surface area contributed by atoms with Crippen LogP contribution in [0.4, 0.5) is 0 Å². The zero-order valence-corrected chi connectivity index (χ0v) is 9.65. The summed E-state index contributed by atoms with van der Waals surface area (Å²) in [6, 6.07) is 7.69. The lowest BCUT2D eigenvalue weighted by atomic mass is 10.0. The standard InChI is InChI=1S/C14H17NO/c1-2-3-4-9-13-14(16)10-11-7-5-6-8-12(11)15-13/h5-8,10,13H,2-4,9H2,1H3. The molecule has 2 nitrogen and oxygen atoms in total. The Labute approximate surface area is 95.7 Å². The van der Waals surface area contributed by atoms with E-state index in [4.69, 9.17) is 0 Å². The normalized spacial score (nSPS) is 18.6. The fourth-order valence-corrected chi connectivity index (χ4v) is 2.00. The van der Waals surface area contributed by atoms with E-state index in [1.54, 1.807) is 6.08 Å². The monoisotopic (exact) mass is 215 g/mol. The summed E-state index contributed by atoms with van der Waals surface area (Å²) in [5.41, 5.74) is 0. The smallest absolute Gasteiger partial charge is 0.180 e. The molecule has 0 aromatic heterocycles. The highest BCUT2D eigenvalue weighted by atomic mass is 16.1. The Morgan fingerprint density at radius 1 is 1.25 bits per heavy atom. The van der Waals surface area contributed by atoms with Gasteiger partial charge in [-0.05, 0) is 18.6 Å². The van der Waals surface area contributed by atoms with Gasteiger partial charge >= 0.3 is 0 Å². The first kappa shape index (κ1) is 11.1. The van der Waals surface area contributed by atoms with Crippen LogP contribution in [0.2, 0.25) is 0 Å². The predicted octanol–water partition coefficient (Wildman–Crippen LogP) is 1.62. The van der Waals surface area contributed by atoms with Gasteiger partial charge in [-0.1, -0.05) is 44.4 Å². The molecule has 0 fully saturated rings. The molecule has 1 atom stereocenters. The second kappa shape index (κ2) is 5.06. The lowest BCUT2D eigenvalue weighted by molar-refractivity contribution is -0.114. The molecule has 0 aliphatic carbocycles. The topological polar surface area (TPSA) is 29.4 Å². The molecular formula is C14H17NO. The van der Waals surface area contributed by atoms with Crippen molar-refractivity contribution < 1.29 is 4.79 Å². The molecule has 1 unspecified atom stereocenters. The number of fused-ring (bicyclic) bond motifs is 1. The highest BCUT2D eigenvalue weighted by molar-refractivity contribution is 6.09. The van der Waals surface area contributed by atoms with Gasteiger partial charge in [0.05, 0.1) is 5.36 Å². The average Bonchev–Trinajstić information content (AvgIpc) is 2.30. The van der Waals surface area contributed by atoms with E-state index in [1.165, 1.54) is 12.8 Å². The molecule has 0 N–H and O–H groups in total. The molecule has 2 heteroatoms. The van der Waals surface area contributed by atoms with Crippen LogP contribution in [-0.2, 0) is 4.79 Å². The summed E-state index contributed by atoms with van der Waals surface area (Å²) >= 11 is 0. The first-order valence-electron chi connectivity index (χ1n) is 5.99. The van der Waals surface area contributed by atoms with Crippen molar-refractivity contribution in [2.75, 3.05) is 0 Å². The summed E-state index contributed by atoms with van der Waals surface area (Å²) in [4.78, 5) is 16.3. The van der Waals surface area contributed by atoms with Gasteiger partial charge in [0.2, 0.25) is 0 Å². The van der Waals surface area contributed by atoms with Crippen molar-refractivity contribution in [3.05, 3.63) is 34.8 Å². The maximum Gasteiger partial charge on any atom is 0.180 e. The third kappa shape index (κ3) is 2.38. The lowest BCUT2D eigenvalue weighted by Crippen LogP contribution is -2.35. The van der Waals surface area contributed by atoms with E-state index < -0.39 is 0 Å². The molecular weight excluding hydrogens is 198 g/mol. The summed E-state index contributed by atoms with van der Waals surface area (Å²) in [7, 11) is 0. The molecule has 1 aliphatic heterocycles. The van der Waals surface area contributed by atoms with Gasteiger partial charge in [-0.3, -0.25) is 9.79 Å². The van der Waals surface area contributed by atoms with Gasteiger partial charge in [-0.25, -0.2) is 0 Å². The van der Waals surface area contributed by atoms with Crippen molar-refractivity contribution in [1.82, 2.24) is 0 Å². The summed E-state index contributed by atoms with van der Waals surface area (Å²) in [6.07, 6.45) is 6.07. The van der Waals surface area contributed by atoms with Crippen molar-refractivity contribution in [2.45, 2.75) is 38.6 Å². The molecule has 16 heavy (non-hydrogen) atoms. The van der Waals surface area contributed by atoms with E-state index in [0.717, 1.165) is 23.4 Å². The van der Waals surface area contributed by atoms with Gasteiger partial charge < -0.3 is 0 Å². The molecule has 0 saturated heterocycles. The summed E-state index contributed by atoms with van der Waals surface area (Å²) in [5.74, 6) is 0.162. The van der Waals surface area contributed by atoms with E-state index in [0.29, 0.717) is 0 Å². The van der Waals surface area contributed by atoms with Crippen molar-refractivity contribution in [3.8, 4) is 0 Å². The van der Waals surface area contributed by atoms with E-state index in [9.17, 15) is 4.79 Å². The van der Waals surface area contributed by atoms with E-state index in [-0.39, 0.29) is 11.8 Å². The molecule has 2 rings (SSSR count). The van der Waals surface area contributed by atoms with E-state index in [1.807, 2.05) is 24.3 Å². The minimum absolute atomic E-state index is 0.138. The van der Waals surface area contributed by atoms with Gasteiger partial charge in [-0.15, -0.1) is 0 Å². The molecule has 1 aliphatic rings. The molecule has 0 radical (unpaired) electrons. The number of rotatable bonds is 4. The van der Waals surface area contributed by atoms with Crippen molar-refractivity contribution >= 4 is 11.9 Å². The number of hydrogen-bond donors (Lipinski definition) is 0. The van der Waals surface area contributed by atoms with Gasteiger partial charge in [0.1, 0.15) is 6.04 Å². The maximum absolute atomic E-state index is 11.8. The Hall–Kier alpha value is -1.44. The van der Waals surface area contributed by atoms with Crippen LogP contribution in [-0.4, -0.2) is 11.8 Å². The number of carbonyl (C=O) groups excluding carboxylic acids is 1. The van der Waals surface area contributed by atoms with Crippen LogP contribution >= 0.6 is 0 Å². The molecule has 0 saturated carbocycles. The van der Waals surface area contributed by atoms with Crippen LogP contribution < -0.4 is 10.6 Å². The second-order valence-corrected chi connectivity index (χ2v) is 4.25. The van der Waals surface area contributed by atoms with Crippen LogP contribution in [0.1, 0.15) is 32.6 Å². The SMILES string of the molecule is CCCCCC1N=c2ccccc2=CC1=O. The van der Waals surface area contributed by atoms with Crippen LogP contribution in [0.25, 0.3) is 6.08 Å². The van der Waals surface area contributed by atoms with Crippen LogP contribution in [0.15, 0.2) is 29.3 Å². The van der Waals surface area contributed by atoms with E-state index >= 15 is 0 Å². The number of Topliss-reactive ketones (excluding diaryl/α,β-unsaturated/α-hetero) is 1. The van der Waals surface area contributed by atoms with Crippen LogP contribution in [0.5, 0.6) is 0 Å². The number of ketones is 1. The molecule has 1 heterocycles. The highest BCUT2D eigenvalue weighted by Crippen LogP contribution is 2.08. The molecule has 1 aromatic carbocycles. The van der Waals surface area contributed by atoms with Crippen molar-refractivity contribution in [1.29, 1.82) is 0 Å². The predicted molar refractivity (Wildman–Crippen MR) is 64.6 cm³/mol. The number of nitrogens with zero attached hydrogens (tertiary/aromatic N) is 1. The summed E-state index contributed by atoms with van der Waals surface area (Å²) < 4.78 is 0. The Kier molecular flexibility index (Phi) is 3.50. The molecule has 0 amide bonds. The van der Waals surface area contributed by atoms with Gasteiger partial charge in [0, 0.05) is 5.22 Å². The van der Waals surface area contributed by atoms with Gasteiger partial charge in [0.15, 0.2) is 5.78 Å². The molecule has 84 valence electrons. The quantitative estimate of drug-likeness (QED) is 0.702. The van der Waals surface area contributed by atoms with Crippen molar-refractivity contribution in [2.24, 2.45) is 4.99 Å². The molecule has 0 spiro atoms. The largest absolute Gasteiger partial charge is 0.292 e. The Balaban J connectivity index is 2.19. The number of hydrogen-bond acceptors (Lipinski definition) is 2. The molecule has 1 aromatic rings. The highest BCUT2D eigenvalue weighted by Gasteiger charge is 2.16. The maximum atomic E-state index is 11.8. The first-order chi connectivity index (χ1) is 7.81. The molecule has 0 bridgehead atoms. The third-order valence-corrected chi connectivity index (χ3v) is 2.94. The van der Waals surface area contributed by atoms with Crippen molar-refractivity contribution in [3.63, 3.8) is 0 Å². The second-order valence-electron chi connectivity index (χ2n) is 4.25. The zero-order chi connectivity index (χ0) is 11.4. The third-order valence-electron chi connectivity index (χ3n) is 2.94. The Morgan fingerprint density at radius 2 is 2.06 bits per heavy atom. The fourth-order valence-electron chi connectivity index (χ4n) is 2.00. The van der Waals surface area contributed by atoms with Crippen LogP contribution in [0.3, 0.4) is 0 Å². The first-order valence-corrected chi connectivity index (χ1v) is 5.99. The summed E-state index contributed by atoms with van der Waals surface area (Å²) in [5, 5.41) is 1.92. The number of benzene rings is 1. The zero-order valence-electron chi connectivity index (χ0n) is 9.65. The Bertz CT molecular complexity index is 490. The minimum atomic E-state index is -0.138. The average molecular weight is 215 g/mol. The van der Waals surface area contributed by atoms with Gasteiger partial charge in [-0.2, -0.15) is 0 Å². The van der Waals surface area contributed by atoms with Gasteiger partial charge in [0.25, 0.3) is 0 Å². The number of para-hydroxylation sites is 1.